The van der Waals surface area contributed by atoms with Gasteiger partial charge in [-0.1, -0.05) is 0 Å². The number of nitrogens with one attached hydrogen (secondary N) is 1. The smallest absolute Gasteiger partial charge is 0.128 e. The first kappa shape index (κ1) is 13.0. The van der Waals surface area contributed by atoms with E-state index < -0.39 is 17.7 Å². The molecule has 0 spiro atoms. The van der Waals surface area contributed by atoms with Gasteiger partial charge in [-0.05, 0) is 18.2 Å². The average Bonchev–Trinajstić information content (AvgIpc) is 2.28. The molecule has 90 valence electrons. The van der Waals surface area contributed by atoms with Crippen molar-refractivity contribution >= 4 is 0 Å². The van der Waals surface area contributed by atoms with Crippen molar-refractivity contribution < 1.29 is 18.6 Å². The second-order valence-corrected chi connectivity index (χ2v) is 3.35. The van der Waals surface area contributed by atoms with E-state index in [2.05, 4.69) is 5.32 Å². The zero-order valence-corrected chi connectivity index (χ0v) is 9.04. The summed E-state index contributed by atoms with van der Waals surface area (Å²) in [5, 5.41) is 12.0. The van der Waals surface area contributed by atoms with E-state index in [0.29, 0.717) is 13.2 Å². The Labute approximate surface area is 93.0 Å². The number of ether oxygens (including phenoxy) is 1. The predicted molar refractivity (Wildman–Crippen MR) is 56.1 cm³/mol. The van der Waals surface area contributed by atoms with Crippen LogP contribution in [-0.4, -0.2) is 32.0 Å². The molecule has 3 nitrogen and oxygen atoms in total. The molecular formula is C11H15F2NO2. The second-order valence-electron chi connectivity index (χ2n) is 3.35. The number of hydrogen-bond donors (Lipinski definition) is 2. The van der Waals surface area contributed by atoms with Gasteiger partial charge >= 0.3 is 0 Å². The van der Waals surface area contributed by atoms with Crippen LogP contribution in [0.3, 0.4) is 0 Å². The lowest BCUT2D eigenvalue weighted by molar-refractivity contribution is 0.183. The summed E-state index contributed by atoms with van der Waals surface area (Å²) in [5.74, 6) is -1.06. The SMILES string of the molecule is COCCNC(CO)c1cc(F)ccc1F. The van der Waals surface area contributed by atoms with Crippen molar-refractivity contribution in [1.82, 2.24) is 5.32 Å². The first-order chi connectivity index (χ1) is 7.69. The minimum atomic E-state index is -0.620. The van der Waals surface area contributed by atoms with Gasteiger partial charge in [0.2, 0.25) is 0 Å². The fourth-order valence-electron chi connectivity index (χ4n) is 1.39. The first-order valence-corrected chi connectivity index (χ1v) is 4.97. The third kappa shape index (κ3) is 3.52. The van der Waals surface area contributed by atoms with Gasteiger partial charge in [0.25, 0.3) is 0 Å². The minimum Gasteiger partial charge on any atom is -0.394 e. The molecule has 1 aromatic carbocycles. The summed E-state index contributed by atoms with van der Waals surface area (Å²) < 4.78 is 31.1. The van der Waals surface area contributed by atoms with Crippen molar-refractivity contribution in [3.63, 3.8) is 0 Å². The maximum absolute atomic E-state index is 13.4. The fourth-order valence-corrected chi connectivity index (χ4v) is 1.39. The van der Waals surface area contributed by atoms with E-state index in [9.17, 15) is 8.78 Å². The maximum Gasteiger partial charge on any atom is 0.128 e. The van der Waals surface area contributed by atoms with Crippen molar-refractivity contribution in [2.75, 3.05) is 26.9 Å². The van der Waals surface area contributed by atoms with Crippen molar-refractivity contribution in [2.45, 2.75) is 6.04 Å². The number of aliphatic hydroxyl groups excluding tert-OH is 1. The highest BCUT2D eigenvalue weighted by atomic mass is 19.1. The number of methoxy groups -OCH3 is 1. The molecule has 5 heteroatoms. The van der Waals surface area contributed by atoms with E-state index in [1.165, 1.54) is 0 Å². The predicted octanol–water partition coefficient (Wildman–Crippen LogP) is 1.23. The Morgan fingerprint density at radius 1 is 1.44 bits per heavy atom. The molecule has 0 heterocycles. The van der Waals surface area contributed by atoms with Gasteiger partial charge in [0, 0.05) is 19.2 Å². The average molecular weight is 231 g/mol. The monoisotopic (exact) mass is 231 g/mol. The highest BCUT2D eigenvalue weighted by molar-refractivity contribution is 5.22. The molecule has 1 atom stereocenters. The minimum absolute atomic E-state index is 0.124. The molecule has 0 aliphatic rings. The summed E-state index contributed by atoms with van der Waals surface area (Å²) in [6, 6.07) is 2.55. The topological polar surface area (TPSA) is 41.5 Å². The molecule has 0 fully saturated rings. The Bertz CT molecular complexity index is 334. The third-order valence-electron chi connectivity index (χ3n) is 2.21. The largest absolute Gasteiger partial charge is 0.394 e. The van der Waals surface area contributed by atoms with E-state index >= 15 is 0 Å². The standard InChI is InChI=1S/C11H15F2NO2/c1-16-5-4-14-11(7-15)9-6-8(12)2-3-10(9)13/h2-3,6,11,14-15H,4-5,7H2,1H3. The summed E-state index contributed by atoms with van der Waals surface area (Å²) in [7, 11) is 1.54. The fraction of sp³-hybridized carbons (Fsp3) is 0.455. The van der Waals surface area contributed by atoms with Crippen LogP contribution in [-0.2, 0) is 4.74 Å². The highest BCUT2D eigenvalue weighted by Crippen LogP contribution is 2.17. The van der Waals surface area contributed by atoms with Crippen LogP contribution in [0, 0.1) is 11.6 Å². The van der Waals surface area contributed by atoms with E-state index in [1.807, 2.05) is 0 Å². The van der Waals surface area contributed by atoms with Crippen LogP contribution in [0.1, 0.15) is 11.6 Å². The molecule has 1 unspecified atom stereocenters. The van der Waals surface area contributed by atoms with Crippen LogP contribution in [0.2, 0.25) is 0 Å². The van der Waals surface area contributed by atoms with E-state index in [-0.39, 0.29) is 12.2 Å². The summed E-state index contributed by atoms with van der Waals surface area (Å²) in [6.07, 6.45) is 0. The number of halogens is 2. The van der Waals surface area contributed by atoms with Gasteiger partial charge in [-0.2, -0.15) is 0 Å². The molecule has 1 aromatic rings. The molecule has 16 heavy (non-hydrogen) atoms. The number of hydrogen-bond acceptors (Lipinski definition) is 3. The van der Waals surface area contributed by atoms with Crippen LogP contribution >= 0.6 is 0 Å². The Morgan fingerprint density at radius 2 is 2.19 bits per heavy atom. The van der Waals surface area contributed by atoms with Crippen molar-refractivity contribution in [2.24, 2.45) is 0 Å². The lowest BCUT2D eigenvalue weighted by Gasteiger charge is -2.17. The van der Waals surface area contributed by atoms with Gasteiger partial charge in [0.15, 0.2) is 0 Å². The molecule has 0 bridgehead atoms. The normalized spacial score (nSPS) is 12.8. The number of rotatable bonds is 6. The molecule has 2 N–H and O–H groups in total. The molecule has 0 aromatic heterocycles. The van der Waals surface area contributed by atoms with Crippen molar-refractivity contribution in [3.05, 3.63) is 35.4 Å². The van der Waals surface area contributed by atoms with Crippen LogP contribution in [0.4, 0.5) is 8.78 Å². The van der Waals surface area contributed by atoms with Crippen molar-refractivity contribution in [1.29, 1.82) is 0 Å². The van der Waals surface area contributed by atoms with Gasteiger partial charge in [-0.25, -0.2) is 8.78 Å². The Hall–Kier alpha value is -1.04. The molecule has 0 amide bonds. The zero-order chi connectivity index (χ0) is 12.0. The molecule has 0 aliphatic heterocycles. The van der Waals surface area contributed by atoms with Crippen LogP contribution < -0.4 is 5.32 Å². The molecule has 0 saturated heterocycles. The summed E-state index contributed by atoms with van der Waals surface area (Å²) in [4.78, 5) is 0. The lowest BCUT2D eigenvalue weighted by atomic mass is 10.1. The summed E-state index contributed by atoms with van der Waals surface area (Å²) in [5.41, 5.74) is 0.124. The molecule has 1 rings (SSSR count). The van der Waals surface area contributed by atoms with Crippen LogP contribution in [0.25, 0.3) is 0 Å². The van der Waals surface area contributed by atoms with Gasteiger partial charge in [0.05, 0.1) is 19.3 Å². The third-order valence-corrected chi connectivity index (χ3v) is 2.21. The van der Waals surface area contributed by atoms with Crippen LogP contribution in [0.15, 0.2) is 18.2 Å². The maximum atomic E-state index is 13.4. The number of aliphatic hydroxyl groups is 1. The quantitative estimate of drug-likeness (QED) is 0.724. The molecule has 0 aliphatic carbocycles. The van der Waals surface area contributed by atoms with E-state index in [1.54, 1.807) is 7.11 Å². The molecule has 0 saturated carbocycles. The van der Waals surface area contributed by atoms with E-state index in [4.69, 9.17) is 9.84 Å². The Morgan fingerprint density at radius 3 is 2.81 bits per heavy atom. The van der Waals surface area contributed by atoms with Crippen molar-refractivity contribution in [3.8, 4) is 0 Å². The summed E-state index contributed by atoms with van der Waals surface area (Å²) in [6.45, 7) is 0.592. The van der Waals surface area contributed by atoms with Gasteiger partial charge in [0.1, 0.15) is 11.6 Å². The second kappa shape index (κ2) is 6.52. The Kier molecular flexibility index (Phi) is 5.31. The van der Waals surface area contributed by atoms with Crippen LogP contribution in [0.5, 0.6) is 0 Å². The van der Waals surface area contributed by atoms with Gasteiger partial charge in [-0.3, -0.25) is 0 Å². The lowest BCUT2D eigenvalue weighted by Crippen LogP contribution is -2.28. The Balaban J connectivity index is 2.73. The number of benzene rings is 1. The van der Waals surface area contributed by atoms with Gasteiger partial charge in [-0.15, -0.1) is 0 Å². The molecule has 0 radical (unpaired) electrons. The highest BCUT2D eigenvalue weighted by Gasteiger charge is 2.14. The molecular weight excluding hydrogens is 216 g/mol. The zero-order valence-electron chi connectivity index (χ0n) is 9.04. The van der Waals surface area contributed by atoms with E-state index in [0.717, 1.165) is 18.2 Å². The first-order valence-electron chi connectivity index (χ1n) is 4.97. The van der Waals surface area contributed by atoms with Gasteiger partial charge < -0.3 is 15.2 Å². The summed E-state index contributed by atoms with van der Waals surface area (Å²) >= 11 is 0.